The van der Waals surface area contributed by atoms with Crippen LogP contribution in [0.1, 0.15) is 29.6 Å². The van der Waals surface area contributed by atoms with E-state index >= 15 is 0 Å². The van der Waals surface area contributed by atoms with E-state index in [9.17, 15) is 9.90 Å². The minimum absolute atomic E-state index is 0.107. The van der Waals surface area contributed by atoms with Gasteiger partial charge in [0.15, 0.2) is 0 Å². The van der Waals surface area contributed by atoms with E-state index < -0.39 is 0 Å². The number of pyridine rings is 1. The number of aliphatic hydroxyl groups is 1. The van der Waals surface area contributed by atoms with Crippen LogP contribution in [0.5, 0.6) is 0 Å². The Balaban J connectivity index is 1.94. The summed E-state index contributed by atoms with van der Waals surface area (Å²) in [5.41, 5.74) is 0.603. The summed E-state index contributed by atoms with van der Waals surface area (Å²) in [6, 6.07) is 3.47. The summed E-state index contributed by atoms with van der Waals surface area (Å²) < 4.78 is 0. The molecule has 1 fully saturated rings. The SMILES string of the molecule is CN(C)c1cc(C(=O)NCC2CCCC2O)ccn1. The maximum Gasteiger partial charge on any atom is 0.251 e. The molecule has 2 unspecified atom stereocenters. The second-order valence-electron chi connectivity index (χ2n) is 5.27. The zero-order valence-corrected chi connectivity index (χ0v) is 11.5. The van der Waals surface area contributed by atoms with Crippen LogP contribution in [0.15, 0.2) is 18.3 Å². The Morgan fingerprint density at radius 1 is 1.53 bits per heavy atom. The first-order valence-electron chi connectivity index (χ1n) is 6.67. The second kappa shape index (κ2) is 6.02. The number of hydrogen-bond donors (Lipinski definition) is 2. The highest BCUT2D eigenvalue weighted by molar-refractivity contribution is 5.94. The van der Waals surface area contributed by atoms with Crippen molar-refractivity contribution in [2.45, 2.75) is 25.4 Å². The van der Waals surface area contributed by atoms with Crippen LogP contribution in [0.4, 0.5) is 5.82 Å². The first-order valence-corrected chi connectivity index (χ1v) is 6.67. The van der Waals surface area contributed by atoms with Gasteiger partial charge in [0, 0.05) is 38.3 Å². The number of nitrogens with zero attached hydrogens (tertiary/aromatic N) is 2. The topological polar surface area (TPSA) is 65.5 Å². The van der Waals surface area contributed by atoms with Crippen LogP contribution in [0.25, 0.3) is 0 Å². The third-order valence-electron chi connectivity index (χ3n) is 3.61. The van der Waals surface area contributed by atoms with Gasteiger partial charge in [-0.2, -0.15) is 0 Å². The summed E-state index contributed by atoms with van der Waals surface area (Å²) in [7, 11) is 3.78. The molecule has 1 heterocycles. The monoisotopic (exact) mass is 263 g/mol. The van der Waals surface area contributed by atoms with E-state index in [-0.39, 0.29) is 17.9 Å². The Kier molecular flexibility index (Phi) is 4.37. The second-order valence-corrected chi connectivity index (χ2v) is 5.27. The number of carbonyl (C=O) groups excluding carboxylic acids is 1. The van der Waals surface area contributed by atoms with Gasteiger partial charge >= 0.3 is 0 Å². The number of aromatic nitrogens is 1. The summed E-state index contributed by atoms with van der Waals surface area (Å²) in [6.45, 7) is 0.541. The number of anilines is 1. The molecule has 1 amide bonds. The number of amides is 1. The molecule has 5 nitrogen and oxygen atoms in total. The maximum atomic E-state index is 12.0. The van der Waals surface area contributed by atoms with Gasteiger partial charge in [-0.05, 0) is 25.0 Å². The van der Waals surface area contributed by atoms with Gasteiger partial charge in [0.1, 0.15) is 5.82 Å². The molecule has 19 heavy (non-hydrogen) atoms. The van der Waals surface area contributed by atoms with E-state index in [1.165, 1.54) is 0 Å². The third-order valence-corrected chi connectivity index (χ3v) is 3.61. The number of nitrogens with one attached hydrogen (secondary N) is 1. The van der Waals surface area contributed by atoms with Crippen molar-refractivity contribution in [1.29, 1.82) is 0 Å². The fourth-order valence-electron chi connectivity index (χ4n) is 2.39. The first kappa shape index (κ1) is 13.8. The van der Waals surface area contributed by atoms with Crippen LogP contribution in [-0.4, -0.2) is 42.7 Å². The van der Waals surface area contributed by atoms with Gasteiger partial charge in [-0.25, -0.2) is 4.98 Å². The fourth-order valence-corrected chi connectivity index (χ4v) is 2.39. The minimum atomic E-state index is -0.268. The van der Waals surface area contributed by atoms with Gasteiger partial charge in [0.05, 0.1) is 6.10 Å². The molecular weight excluding hydrogens is 242 g/mol. The van der Waals surface area contributed by atoms with Crippen LogP contribution in [0.2, 0.25) is 0 Å². The molecule has 1 saturated carbocycles. The lowest BCUT2D eigenvalue weighted by atomic mass is 10.1. The average molecular weight is 263 g/mol. The molecule has 1 aliphatic carbocycles. The molecule has 104 valence electrons. The van der Waals surface area contributed by atoms with Crippen LogP contribution in [0.3, 0.4) is 0 Å². The molecule has 2 N–H and O–H groups in total. The maximum absolute atomic E-state index is 12.0. The molecule has 0 bridgehead atoms. The van der Waals surface area contributed by atoms with Crippen LogP contribution < -0.4 is 10.2 Å². The Hall–Kier alpha value is -1.62. The number of aliphatic hydroxyl groups excluding tert-OH is 1. The molecule has 5 heteroatoms. The van der Waals surface area contributed by atoms with Crippen molar-refractivity contribution in [3.8, 4) is 0 Å². The van der Waals surface area contributed by atoms with E-state index in [1.807, 2.05) is 19.0 Å². The van der Waals surface area contributed by atoms with Crippen molar-refractivity contribution < 1.29 is 9.90 Å². The predicted molar refractivity (Wildman–Crippen MR) is 74.2 cm³/mol. The fraction of sp³-hybridized carbons (Fsp3) is 0.571. The van der Waals surface area contributed by atoms with Crippen LogP contribution in [-0.2, 0) is 0 Å². The quantitative estimate of drug-likeness (QED) is 0.852. The number of hydrogen-bond acceptors (Lipinski definition) is 4. The Labute approximate surface area is 113 Å². The highest BCUT2D eigenvalue weighted by Gasteiger charge is 2.25. The zero-order chi connectivity index (χ0) is 13.8. The minimum Gasteiger partial charge on any atom is -0.393 e. The number of rotatable bonds is 4. The van der Waals surface area contributed by atoms with Crippen LogP contribution in [0, 0.1) is 5.92 Å². The van der Waals surface area contributed by atoms with Gasteiger partial charge in [-0.1, -0.05) is 6.42 Å². The molecule has 1 aromatic rings. The van der Waals surface area contributed by atoms with Crippen molar-refractivity contribution in [1.82, 2.24) is 10.3 Å². The molecule has 0 saturated heterocycles. The molecule has 0 aliphatic heterocycles. The normalized spacial score (nSPS) is 22.3. The molecule has 2 rings (SSSR count). The Morgan fingerprint density at radius 2 is 2.32 bits per heavy atom. The highest BCUT2D eigenvalue weighted by atomic mass is 16.3. The van der Waals surface area contributed by atoms with Gasteiger partial charge in [0.25, 0.3) is 5.91 Å². The largest absolute Gasteiger partial charge is 0.393 e. The smallest absolute Gasteiger partial charge is 0.251 e. The highest BCUT2D eigenvalue weighted by Crippen LogP contribution is 2.24. The summed E-state index contributed by atoms with van der Waals surface area (Å²) in [6.07, 6.45) is 4.24. The summed E-state index contributed by atoms with van der Waals surface area (Å²) >= 11 is 0. The summed E-state index contributed by atoms with van der Waals surface area (Å²) in [4.78, 5) is 18.1. The third kappa shape index (κ3) is 3.44. The van der Waals surface area contributed by atoms with Crippen LogP contribution >= 0.6 is 0 Å². The average Bonchev–Trinajstić information content (AvgIpc) is 2.81. The molecule has 0 radical (unpaired) electrons. The predicted octanol–water partition coefficient (Wildman–Crippen LogP) is 1.04. The van der Waals surface area contributed by atoms with Gasteiger partial charge in [-0.15, -0.1) is 0 Å². The standard InChI is InChI=1S/C14H21N3O2/c1-17(2)13-8-10(6-7-15-13)14(19)16-9-11-4-3-5-12(11)18/h6-8,11-12,18H,3-5,9H2,1-2H3,(H,16,19). The van der Waals surface area contributed by atoms with E-state index in [4.69, 9.17) is 0 Å². The van der Waals surface area contributed by atoms with E-state index in [0.717, 1.165) is 25.1 Å². The van der Waals surface area contributed by atoms with Crippen molar-refractivity contribution in [3.05, 3.63) is 23.9 Å². The van der Waals surface area contributed by atoms with Gasteiger partial charge in [-0.3, -0.25) is 4.79 Å². The Morgan fingerprint density at radius 3 is 2.95 bits per heavy atom. The lowest BCUT2D eigenvalue weighted by molar-refractivity contribution is 0.0916. The Bertz CT molecular complexity index is 448. The molecular formula is C14H21N3O2. The van der Waals surface area contributed by atoms with E-state index in [1.54, 1.807) is 18.3 Å². The molecule has 0 aromatic carbocycles. The van der Waals surface area contributed by atoms with E-state index in [2.05, 4.69) is 10.3 Å². The number of carbonyl (C=O) groups is 1. The summed E-state index contributed by atoms with van der Waals surface area (Å²) in [5.74, 6) is 0.845. The summed E-state index contributed by atoms with van der Waals surface area (Å²) in [5, 5.41) is 12.6. The van der Waals surface area contributed by atoms with Crippen molar-refractivity contribution in [3.63, 3.8) is 0 Å². The van der Waals surface area contributed by atoms with E-state index in [0.29, 0.717) is 12.1 Å². The van der Waals surface area contributed by atoms with Crippen molar-refractivity contribution in [2.24, 2.45) is 5.92 Å². The van der Waals surface area contributed by atoms with Gasteiger partial charge in [0.2, 0.25) is 0 Å². The lowest BCUT2D eigenvalue weighted by Crippen LogP contribution is -2.32. The lowest BCUT2D eigenvalue weighted by Gasteiger charge is -2.16. The molecule has 1 aromatic heterocycles. The molecule has 1 aliphatic rings. The van der Waals surface area contributed by atoms with Gasteiger partial charge < -0.3 is 15.3 Å². The molecule has 0 spiro atoms. The van der Waals surface area contributed by atoms with Crippen molar-refractivity contribution in [2.75, 3.05) is 25.5 Å². The zero-order valence-electron chi connectivity index (χ0n) is 11.5. The first-order chi connectivity index (χ1) is 9.08. The molecule has 2 atom stereocenters. The van der Waals surface area contributed by atoms with Crippen molar-refractivity contribution >= 4 is 11.7 Å².